The summed E-state index contributed by atoms with van der Waals surface area (Å²) in [5, 5.41) is 15.2. The van der Waals surface area contributed by atoms with E-state index in [1.165, 1.54) is 181 Å². The first-order chi connectivity index (χ1) is 60.5. The van der Waals surface area contributed by atoms with Crippen molar-refractivity contribution in [3.05, 3.63) is 459 Å². The van der Waals surface area contributed by atoms with Gasteiger partial charge < -0.3 is 18.9 Å². The highest BCUT2D eigenvalue weighted by Gasteiger charge is 2.38. The van der Waals surface area contributed by atoms with Crippen LogP contribution in [0, 0.1) is 6.92 Å². The molecule has 0 spiro atoms. The molecule has 123 heavy (non-hydrogen) atoms. The van der Waals surface area contributed by atoms with Crippen molar-refractivity contribution in [2.75, 3.05) is 9.80 Å². The van der Waals surface area contributed by atoms with E-state index in [9.17, 15) is 0 Å². The lowest BCUT2D eigenvalue weighted by atomic mass is 9.80. The molecule has 0 bridgehead atoms. The molecule has 582 valence electrons. The molecule has 20 aromatic carbocycles. The van der Waals surface area contributed by atoms with Crippen LogP contribution in [0.25, 0.3) is 165 Å². The van der Waals surface area contributed by atoms with Crippen LogP contribution in [0.5, 0.6) is 0 Å². The van der Waals surface area contributed by atoms with Gasteiger partial charge in [-0.1, -0.05) is 331 Å². The van der Waals surface area contributed by atoms with E-state index in [1.54, 1.807) is 0 Å². The van der Waals surface area contributed by atoms with E-state index in [4.69, 9.17) is 0 Å². The minimum atomic E-state index is -0.0762. The van der Waals surface area contributed by atoms with Gasteiger partial charge in [0.25, 0.3) is 0 Å². The molecule has 4 heteroatoms. The highest BCUT2D eigenvalue weighted by atomic mass is 15.1. The summed E-state index contributed by atoms with van der Waals surface area (Å²) in [6.45, 7) is 11.7. The Hall–Kier alpha value is -15.4. The zero-order valence-electron chi connectivity index (χ0n) is 69.3. The summed E-state index contributed by atoms with van der Waals surface area (Å²) in [5.41, 5.74) is 35.9. The second-order valence-electron chi connectivity index (χ2n) is 34.3. The number of aromatic nitrogens is 2. The van der Waals surface area contributed by atoms with E-state index in [2.05, 4.69) is 484 Å². The molecule has 0 saturated carbocycles. The molecule has 0 N–H and O–H groups in total. The number of anilines is 6. The maximum atomic E-state index is 2.47. The zero-order valence-corrected chi connectivity index (χ0v) is 69.3. The van der Waals surface area contributed by atoms with Crippen LogP contribution in [-0.2, 0) is 10.8 Å². The van der Waals surface area contributed by atoms with E-state index in [-0.39, 0.29) is 10.8 Å². The summed E-state index contributed by atoms with van der Waals surface area (Å²) < 4.78 is 4.75. The molecule has 2 heterocycles. The highest BCUT2D eigenvalue weighted by Crippen LogP contribution is 2.55. The molecule has 4 nitrogen and oxygen atoms in total. The van der Waals surface area contributed by atoms with Crippen molar-refractivity contribution in [1.29, 1.82) is 0 Å². The van der Waals surface area contributed by atoms with Gasteiger partial charge >= 0.3 is 0 Å². The summed E-state index contributed by atoms with van der Waals surface area (Å²) in [4.78, 5) is 4.71. The van der Waals surface area contributed by atoms with E-state index < -0.39 is 0 Å². The van der Waals surface area contributed by atoms with Gasteiger partial charge in [-0.15, -0.1) is 0 Å². The molecule has 2 aliphatic rings. The lowest BCUT2D eigenvalue weighted by Crippen LogP contribution is -2.14. The monoisotopic (exact) mass is 1570 g/mol. The van der Waals surface area contributed by atoms with Crippen molar-refractivity contribution in [3.63, 3.8) is 0 Å². The first-order valence-corrected chi connectivity index (χ1v) is 43.0. The minimum absolute atomic E-state index is 0.0722. The average molecular weight is 1570 g/mol. The van der Waals surface area contributed by atoms with Gasteiger partial charge in [0.05, 0.1) is 22.1 Å². The maximum absolute atomic E-state index is 2.47. The first-order valence-electron chi connectivity index (χ1n) is 43.0. The van der Waals surface area contributed by atoms with Gasteiger partial charge in [0.15, 0.2) is 0 Å². The standard InChI is InChI=1S/C60H44N2.C59H42N2/c1-39-25-35-52-53(37-39)59(41-28-36-47-46-17-9-12-22-54(46)60(2,3)55(47)38-41)51-21-8-7-20-50(51)58(52)40-26-29-43(30-27-40)61(42-15-5-4-6-16-42)44-31-33-45(34-32-44)62-56-23-13-10-18-48(56)49-19-11-14-24-57(49)62;1-59(2)53-25-13-10-18-45(53)46-37-30-40(38-54(46)59)58-51-23-8-6-21-49(51)57(50-22-7-9-24-52(50)58)39-28-31-42(32-29-39)60(41-16-4-3-5-17-41)43-33-35-44(36-34-43)61-55-26-14-11-19-47(55)48-20-12-15-27-56(48)61/h4-38H,1-3H3;3-38H,1-2H3. The van der Waals surface area contributed by atoms with Crippen molar-refractivity contribution < 1.29 is 0 Å². The normalized spacial score (nSPS) is 12.9. The fourth-order valence-corrected chi connectivity index (χ4v) is 20.9. The first kappa shape index (κ1) is 72.8. The molecule has 0 atom stereocenters. The van der Waals surface area contributed by atoms with E-state index in [0.29, 0.717) is 0 Å². The summed E-state index contributed by atoms with van der Waals surface area (Å²) in [7, 11) is 0. The van der Waals surface area contributed by atoms with Crippen LogP contribution >= 0.6 is 0 Å². The number of para-hydroxylation sites is 6. The predicted molar refractivity (Wildman–Crippen MR) is 523 cm³/mol. The highest BCUT2D eigenvalue weighted by molar-refractivity contribution is 6.24. The van der Waals surface area contributed by atoms with Crippen LogP contribution in [0.2, 0.25) is 0 Å². The van der Waals surface area contributed by atoms with Gasteiger partial charge in [-0.3, -0.25) is 0 Å². The zero-order chi connectivity index (χ0) is 82.2. The summed E-state index contributed by atoms with van der Waals surface area (Å²) in [6.07, 6.45) is 0. The molecule has 2 aromatic heterocycles. The smallest absolute Gasteiger partial charge is 0.0541 e. The Morgan fingerprint density at radius 3 is 0.789 bits per heavy atom. The Kier molecular flexibility index (Phi) is 17.2. The van der Waals surface area contributed by atoms with Crippen molar-refractivity contribution in [1.82, 2.24) is 9.13 Å². The van der Waals surface area contributed by atoms with Crippen LogP contribution in [-0.4, -0.2) is 9.13 Å². The molecule has 2 aliphatic carbocycles. The third-order valence-electron chi connectivity index (χ3n) is 26.6. The van der Waals surface area contributed by atoms with Gasteiger partial charge in [0.1, 0.15) is 0 Å². The van der Waals surface area contributed by atoms with Crippen LogP contribution in [0.1, 0.15) is 55.5 Å². The third kappa shape index (κ3) is 11.8. The van der Waals surface area contributed by atoms with Crippen molar-refractivity contribution >= 4 is 121 Å². The molecule has 0 aliphatic heterocycles. The number of aryl methyl sites for hydroxylation is 1. The van der Waals surface area contributed by atoms with Crippen LogP contribution in [0.3, 0.4) is 0 Å². The fourth-order valence-electron chi connectivity index (χ4n) is 20.9. The number of rotatable bonds is 12. The lowest BCUT2D eigenvalue weighted by molar-refractivity contribution is 0.660. The second-order valence-corrected chi connectivity index (χ2v) is 34.3. The fraction of sp³-hybridized carbons (Fsp3) is 0.0588. The Morgan fingerprint density at radius 1 is 0.187 bits per heavy atom. The Labute approximate surface area is 717 Å². The molecule has 0 radical (unpaired) electrons. The van der Waals surface area contributed by atoms with Gasteiger partial charge in [-0.25, -0.2) is 0 Å². The van der Waals surface area contributed by atoms with E-state index in [1.807, 2.05) is 0 Å². The Balaban J connectivity index is 0.000000142. The molecular weight excluding hydrogens is 1490 g/mol. The van der Waals surface area contributed by atoms with Crippen molar-refractivity contribution in [2.24, 2.45) is 0 Å². The van der Waals surface area contributed by atoms with Crippen LogP contribution in [0.4, 0.5) is 34.1 Å². The summed E-state index contributed by atoms with van der Waals surface area (Å²) in [5.74, 6) is 0. The second kappa shape index (κ2) is 29.0. The van der Waals surface area contributed by atoms with E-state index in [0.717, 1.165) is 45.5 Å². The molecule has 0 fully saturated rings. The molecule has 22 aromatic rings. The molecule has 0 unspecified atom stereocenters. The van der Waals surface area contributed by atoms with Crippen molar-refractivity contribution in [2.45, 2.75) is 45.4 Å². The molecular formula is C119H86N4. The molecule has 0 amide bonds. The molecule has 0 saturated heterocycles. The quantitative estimate of drug-likeness (QED) is 0.113. The summed E-state index contributed by atoms with van der Waals surface area (Å²) in [6, 6.07) is 159. The Morgan fingerprint density at radius 2 is 0.439 bits per heavy atom. The maximum Gasteiger partial charge on any atom is 0.0541 e. The summed E-state index contributed by atoms with van der Waals surface area (Å²) >= 11 is 0. The number of nitrogens with zero attached hydrogens (tertiary/aromatic N) is 4. The number of benzene rings is 20. The van der Waals surface area contributed by atoms with Crippen LogP contribution in [0.15, 0.2) is 431 Å². The SMILES string of the molecule is CC1(C)c2ccccc2-c2ccc(-c3c4ccccc4c(-c4ccc(N(c5ccccc5)c5ccc(-n6c7ccccc7c7ccccc76)cc5)cc4)c4ccccc34)cc21.Cc1ccc2c(-c3ccc(N(c4ccccc4)c4ccc(-n5c6ccccc6c6ccccc65)cc4)cc3)c3ccccc3c(-c3ccc4c(c3)C(C)(C)c3ccccc3-4)c2c1. The average Bonchev–Trinajstić information content (AvgIpc) is 1.68. The minimum Gasteiger partial charge on any atom is -0.311 e. The van der Waals surface area contributed by atoms with Gasteiger partial charge in [0, 0.05) is 77.9 Å². The number of hydrogen-bond acceptors (Lipinski definition) is 2. The van der Waals surface area contributed by atoms with E-state index >= 15 is 0 Å². The Bertz CT molecular complexity index is 7800. The number of fused-ring (bicyclic) bond motifs is 16. The number of hydrogen-bond donors (Lipinski definition) is 0. The largest absolute Gasteiger partial charge is 0.311 e. The third-order valence-corrected chi connectivity index (χ3v) is 26.6. The van der Waals surface area contributed by atoms with Crippen molar-refractivity contribution in [3.8, 4) is 78.1 Å². The predicted octanol–water partition coefficient (Wildman–Crippen LogP) is 32.7. The van der Waals surface area contributed by atoms with Crippen LogP contribution < -0.4 is 9.80 Å². The lowest BCUT2D eigenvalue weighted by Gasteiger charge is -2.26. The molecule has 24 rings (SSSR count). The van der Waals surface area contributed by atoms with Gasteiger partial charge in [-0.05, 0) is 272 Å². The van der Waals surface area contributed by atoms with Gasteiger partial charge in [0.2, 0.25) is 0 Å². The topological polar surface area (TPSA) is 16.3 Å². The van der Waals surface area contributed by atoms with Gasteiger partial charge in [-0.2, -0.15) is 0 Å².